The van der Waals surface area contributed by atoms with E-state index in [-0.39, 0.29) is 0 Å². The minimum absolute atomic E-state index is 0.727. The lowest BCUT2D eigenvalue weighted by Crippen LogP contribution is -2.42. The molecule has 1 N–H and O–H groups in total. The number of anilines is 1. The fraction of sp³-hybridized carbons (Fsp3) is 0.591. The lowest BCUT2D eigenvalue weighted by molar-refractivity contribution is 0.0315. The molecule has 1 aromatic carbocycles. The summed E-state index contributed by atoms with van der Waals surface area (Å²) in [6.07, 6.45) is 5.69. The Morgan fingerprint density at radius 3 is 2.57 bits per heavy atom. The van der Waals surface area contributed by atoms with E-state index in [9.17, 15) is 0 Å². The molecule has 6 nitrogen and oxygen atoms in total. The van der Waals surface area contributed by atoms with Gasteiger partial charge in [-0.1, -0.05) is 24.3 Å². The first-order valence-corrected chi connectivity index (χ1v) is 10.6. The predicted octanol–water partition coefficient (Wildman–Crippen LogP) is 1.79. The molecule has 0 aromatic heterocycles. The number of guanidine groups is 1. The van der Waals surface area contributed by atoms with Crippen LogP contribution in [0.5, 0.6) is 0 Å². The molecule has 2 fully saturated rings. The number of hydrogen-bond donors (Lipinski definition) is 1. The molecule has 152 valence electrons. The molecule has 0 saturated carbocycles. The van der Waals surface area contributed by atoms with Gasteiger partial charge in [-0.25, -0.2) is 0 Å². The van der Waals surface area contributed by atoms with Gasteiger partial charge in [0.2, 0.25) is 0 Å². The molecular formula is C22H33N5O. The third-order valence-corrected chi connectivity index (χ3v) is 5.99. The third-order valence-electron chi connectivity index (χ3n) is 5.99. The number of hydrogen-bond acceptors (Lipinski definition) is 4. The largest absolute Gasteiger partial charge is 0.379 e. The highest BCUT2D eigenvalue weighted by Crippen LogP contribution is 2.19. The molecule has 0 spiro atoms. The van der Waals surface area contributed by atoms with Crippen LogP contribution in [0.2, 0.25) is 0 Å². The first kappa shape index (κ1) is 19.3. The topological polar surface area (TPSA) is 43.3 Å². The van der Waals surface area contributed by atoms with E-state index in [4.69, 9.17) is 4.74 Å². The number of morpholine rings is 1. The minimum atomic E-state index is 0.727. The van der Waals surface area contributed by atoms with E-state index in [2.05, 4.69) is 61.4 Å². The summed E-state index contributed by atoms with van der Waals surface area (Å²) >= 11 is 0. The van der Waals surface area contributed by atoms with Crippen LogP contribution in [0.1, 0.15) is 12.0 Å². The maximum Gasteiger partial charge on any atom is 0.193 e. The van der Waals surface area contributed by atoms with E-state index in [1.54, 1.807) is 0 Å². The highest BCUT2D eigenvalue weighted by atomic mass is 16.5. The molecule has 3 heterocycles. The number of benzene rings is 1. The van der Waals surface area contributed by atoms with Crippen LogP contribution in [-0.2, 0) is 11.3 Å². The average molecular weight is 384 g/mol. The monoisotopic (exact) mass is 383 g/mol. The Morgan fingerprint density at radius 2 is 1.86 bits per heavy atom. The van der Waals surface area contributed by atoms with Crippen molar-refractivity contribution in [3.05, 3.63) is 42.0 Å². The highest BCUT2D eigenvalue weighted by Gasteiger charge is 2.27. The van der Waals surface area contributed by atoms with Crippen molar-refractivity contribution in [3.63, 3.8) is 0 Å². The van der Waals surface area contributed by atoms with E-state index in [1.165, 1.54) is 24.2 Å². The summed E-state index contributed by atoms with van der Waals surface area (Å²) < 4.78 is 5.46. The van der Waals surface area contributed by atoms with Gasteiger partial charge in [-0.2, -0.15) is 0 Å². The van der Waals surface area contributed by atoms with Crippen molar-refractivity contribution in [2.24, 2.45) is 10.9 Å². The second-order valence-electron chi connectivity index (χ2n) is 7.96. The van der Waals surface area contributed by atoms with Crippen molar-refractivity contribution >= 4 is 11.6 Å². The number of aliphatic imine (C=N–C) groups is 1. The average Bonchev–Trinajstić information content (AvgIpc) is 3.43. The number of likely N-dealkylation sites (tertiary alicyclic amines) is 1. The fourth-order valence-electron chi connectivity index (χ4n) is 4.35. The van der Waals surface area contributed by atoms with Crippen molar-refractivity contribution in [2.45, 2.75) is 13.0 Å². The van der Waals surface area contributed by atoms with Crippen LogP contribution in [0.25, 0.3) is 0 Å². The fourth-order valence-corrected chi connectivity index (χ4v) is 4.35. The van der Waals surface area contributed by atoms with Crippen molar-refractivity contribution in [2.75, 3.05) is 71.0 Å². The van der Waals surface area contributed by atoms with Crippen molar-refractivity contribution in [1.29, 1.82) is 0 Å². The smallest absolute Gasteiger partial charge is 0.193 e. The zero-order valence-electron chi connectivity index (χ0n) is 17.0. The number of nitrogens with one attached hydrogen (secondary N) is 1. The van der Waals surface area contributed by atoms with Crippen LogP contribution < -0.4 is 10.2 Å². The highest BCUT2D eigenvalue weighted by molar-refractivity contribution is 5.80. The zero-order chi connectivity index (χ0) is 19.2. The minimum Gasteiger partial charge on any atom is -0.379 e. The van der Waals surface area contributed by atoms with E-state index in [0.29, 0.717) is 0 Å². The van der Waals surface area contributed by atoms with E-state index < -0.39 is 0 Å². The molecule has 1 atom stereocenters. The summed E-state index contributed by atoms with van der Waals surface area (Å²) in [5, 5.41) is 3.56. The van der Waals surface area contributed by atoms with E-state index in [1.807, 2.05) is 7.05 Å². The second kappa shape index (κ2) is 9.43. The standard InChI is InChI=1S/C22H33N5O/c1-23-22(27-11-8-20(18-27)17-25-12-14-28-15-13-25)24-16-19-4-6-21(7-5-19)26-9-2-3-10-26/h2-7,20H,8-18H2,1H3,(H,23,24). The lowest BCUT2D eigenvalue weighted by Gasteiger charge is -2.29. The van der Waals surface area contributed by atoms with Gasteiger partial charge >= 0.3 is 0 Å². The van der Waals surface area contributed by atoms with Gasteiger partial charge in [-0.3, -0.25) is 9.89 Å². The molecule has 0 radical (unpaired) electrons. The van der Waals surface area contributed by atoms with Crippen molar-refractivity contribution in [1.82, 2.24) is 15.1 Å². The molecule has 0 aliphatic carbocycles. The molecule has 4 rings (SSSR count). The summed E-state index contributed by atoms with van der Waals surface area (Å²) in [5.41, 5.74) is 2.59. The summed E-state index contributed by atoms with van der Waals surface area (Å²) in [7, 11) is 1.89. The van der Waals surface area contributed by atoms with E-state index in [0.717, 1.165) is 70.9 Å². The molecule has 2 saturated heterocycles. The summed E-state index contributed by atoms with van der Waals surface area (Å²) in [6.45, 7) is 10.1. The molecule has 3 aliphatic rings. The zero-order valence-corrected chi connectivity index (χ0v) is 17.0. The van der Waals surface area contributed by atoms with Gasteiger partial charge in [0.1, 0.15) is 0 Å². The van der Waals surface area contributed by atoms with E-state index >= 15 is 0 Å². The Balaban J connectivity index is 1.24. The summed E-state index contributed by atoms with van der Waals surface area (Å²) in [4.78, 5) is 11.9. The second-order valence-corrected chi connectivity index (χ2v) is 7.96. The van der Waals surface area contributed by atoms with Crippen LogP contribution in [0.15, 0.2) is 41.4 Å². The quantitative estimate of drug-likeness (QED) is 0.477. The Labute approximate surface area is 168 Å². The van der Waals surface area contributed by atoms with Gasteiger partial charge in [0, 0.05) is 65.1 Å². The molecule has 1 aromatic rings. The summed E-state index contributed by atoms with van der Waals surface area (Å²) in [5.74, 6) is 1.75. The maximum atomic E-state index is 5.46. The van der Waals surface area contributed by atoms with Gasteiger partial charge < -0.3 is 19.9 Å². The number of nitrogens with zero attached hydrogens (tertiary/aromatic N) is 4. The first-order valence-electron chi connectivity index (χ1n) is 10.6. The lowest BCUT2D eigenvalue weighted by atomic mass is 10.1. The van der Waals surface area contributed by atoms with Gasteiger partial charge in [0.15, 0.2) is 5.96 Å². The van der Waals surface area contributed by atoms with Crippen LogP contribution in [0.4, 0.5) is 5.69 Å². The van der Waals surface area contributed by atoms with Gasteiger partial charge in [0.25, 0.3) is 0 Å². The van der Waals surface area contributed by atoms with Gasteiger partial charge in [-0.15, -0.1) is 0 Å². The molecule has 3 aliphatic heterocycles. The normalized spacial score (nSPS) is 23.6. The van der Waals surface area contributed by atoms with Crippen LogP contribution in [0, 0.1) is 5.92 Å². The first-order chi connectivity index (χ1) is 13.8. The summed E-state index contributed by atoms with van der Waals surface area (Å²) in [6, 6.07) is 8.89. The van der Waals surface area contributed by atoms with Gasteiger partial charge in [-0.05, 0) is 30.0 Å². The SMILES string of the molecule is CN=C(NCc1ccc(N2CC=CC2)cc1)N1CCC(CN2CCOCC2)C1. The molecular weight excluding hydrogens is 350 g/mol. The Morgan fingerprint density at radius 1 is 1.11 bits per heavy atom. The van der Waals surface area contributed by atoms with Gasteiger partial charge in [0.05, 0.1) is 13.2 Å². The third kappa shape index (κ3) is 4.86. The predicted molar refractivity (Wildman–Crippen MR) is 115 cm³/mol. The molecule has 28 heavy (non-hydrogen) atoms. The molecule has 0 amide bonds. The maximum absolute atomic E-state index is 5.46. The Hall–Kier alpha value is -2.05. The molecule has 1 unspecified atom stereocenters. The van der Waals surface area contributed by atoms with Crippen LogP contribution >= 0.6 is 0 Å². The molecule has 0 bridgehead atoms. The molecule has 6 heteroatoms. The Bertz CT molecular complexity index is 673. The Kier molecular flexibility index (Phi) is 6.49. The van der Waals surface area contributed by atoms with Crippen LogP contribution in [-0.4, -0.2) is 81.8 Å². The number of rotatable bonds is 5. The number of ether oxygens (including phenoxy) is 1. The van der Waals surface area contributed by atoms with Crippen molar-refractivity contribution in [3.8, 4) is 0 Å². The van der Waals surface area contributed by atoms with Crippen LogP contribution in [0.3, 0.4) is 0 Å². The van der Waals surface area contributed by atoms with Crippen molar-refractivity contribution < 1.29 is 4.74 Å².